The van der Waals surface area contributed by atoms with Crippen molar-refractivity contribution in [3.05, 3.63) is 12.2 Å². The molecule has 0 saturated carbocycles. The predicted octanol–water partition coefficient (Wildman–Crippen LogP) is 1.61. The largest absolute Gasteiger partial charge is 0.481 e. The molecule has 0 amide bonds. The summed E-state index contributed by atoms with van der Waals surface area (Å²) in [5, 5.41) is 8.69. The third-order valence-corrected chi connectivity index (χ3v) is 1.89. The van der Waals surface area contributed by atoms with Gasteiger partial charge >= 0.3 is 11.9 Å². The molecule has 0 aliphatic heterocycles. The van der Waals surface area contributed by atoms with Gasteiger partial charge in [0.05, 0.1) is 12.5 Å². The molecule has 0 aromatic heterocycles. The number of esters is 1. The second-order valence-corrected chi connectivity index (χ2v) is 3.15. The van der Waals surface area contributed by atoms with Crippen molar-refractivity contribution in [1.29, 1.82) is 0 Å². The summed E-state index contributed by atoms with van der Waals surface area (Å²) >= 11 is 0. The van der Waals surface area contributed by atoms with Crippen LogP contribution in [0.1, 0.15) is 26.7 Å². The molecule has 0 saturated heterocycles. The highest BCUT2D eigenvalue weighted by atomic mass is 16.5. The molecule has 0 aliphatic carbocycles. The number of aliphatic carboxylic acids is 1. The fourth-order valence-corrected chi connectivity index (χ4v) is 0.919. The van der Waals surface area contributed by atoms with Crippen molar-refractivity contribution in [2.45, 2.75) is 26.7 Å². The van der Waals surface area contributed by atoms with Crippen molar-refractivity contribution in [2.24, 2.45) is 5.92 Å². The molecule has 0 bridgehead atoms. The molecule has 1 N–H and O–H groups in total. The maximum absolute atomic E-state index is 10.9. The molecule has 4 heteroatoms. The molecule has 0 radical (unpaired) electrons. The van der Waals surface area contributed by atoms with Crippen molar-refractivity contribution >= 4 is 11.9 Å². The lowest BCUT2D eigenvalue weighted by Crippen LogP contribution is -2.16. The Hall–Kier alpha value is -1.32. The van der Waals surface area contributed by atoms with E-state index in [1.807, 2.05) is 0 Å². The van der Waals surface area contributed by atoms with Gasteiger partial charge in [0.2, 0.25) is 0 Å². The summed E-state index contributed by atoms with van der Waals surface area (Å²) < 4.78 is 4.78. The van der Waals surface area contributed by atoms with E-state index in [9.17, 15) is 9.59 Å². The molecule has 0 spiro atoms. The van der Waals surface area contributed by atoms with E-state index in [0.717, 1.165) is 0 Å². The Morgan fingerprint density at radius 3 is 2.43 bits per heavy atom. The van der Waals surface area contributed by atoms with Crippen LogP contribution in [0.15, 0.2) is 12.2 Å². The lowest BCUT2D eigenvalue weighted by atomic mass is 10.0. The number of hydrogen-bond donors (Lipinski definition) is 1. The number of carboxylic acid groups (broad SMARTS) is 1. The molecule has 1 unspecified atom stereocenters. The number of ether oxygens (including phenoxy) is 1. The van der Waals surface area contributed by atoms with Crippen LogP contribution in [0, 0.1) is 5.92 Å². The summed E-state index contributed by atoms with van der Waals surface area (Å²) in [4.78, 5) is 21.5. The van der Waals surface area contributed by atoms with Crippen molar-refractivity contribution in [3.63, 3.8) is 0 Å². The zero-order valence-electron chi connectivity index (χ0n) is 8.58. The summed E-state index contributed by atoms with van der Waals surface area (Å²) in [7, 11) is 0. The molecule has 0 aliphatic rings. The Morgan fingerprint density at radius 1 is 1.50 bits per heavy atom. The average molecular weight is 200 g/mol. The molecule has 0 fully saturated rings. The Balaban J connectivity index is 3.77. The predicted molar refractivity (Wildman–Crippen MR) is 51.8 cm³/mol. The normalized spacial score (nSPS) is 11.9. The van der Waals surface area contributed by atoms with E-state index in [4.69, 9.17) is 9.84 Å². The van der Waals surface area contributed by atoms with Crippen LogP contribution in [0.3, 0.4) is 0 Å². The fourth-order valence-electron chi connectivity index (χ4n) is 0.919. The van der Waals surface area contributed by atoms with E-state index in [1.165, 1.54) is 0 Å². The Labute approximate surface area is 83.6 Å². The summed E-state index contributed by atoms with van der Waals surface area (Å²) in [6.45, 7) is 6.90. The summed E-state index contributed by atoms with van der Waals surface area (Å²) in [6.07, 6.45) is 0.894. The first-order valence-electron chi connectivity index (χ1n) is 4.54. The van der Waals surface area contributed by atoms with Crippen LogP contribution in [0.25, 0.3) is 0 Å². The van der Waals surface area contributed by atoms with Crippen molar-refractivity contribution < 1.29 is 19.4 Å². The standard InChI is InChI=1S/C10H16O4/c1-4-8(9(11)12)5-6-14-10(13)7(2)3/h8H,2,4-6H2,1,3H3,(H,11,12). The molecule has 0 aromatic carbocycles. The summed E-state index contributed by atoms with van der Waals surface area (Å²) in [5.74, 6) is -1.75. The third kappa shape index (κ3) is 4.64. The van der Waals surface area contributed by atoms with Gasteiger partial charge in [0.15, 0.2) is 0 Å². The highest BCUT2D eigenvalue weighted by Gasteiger charge is 2.15. The van der Waals surface area contributed by atoms with Crippen molar-refractivity contribution in [2.75, 3.05) is 6.61 Å². The van der Waals surface area contributed by atoms with Crippen LogP contribution in [0.4, 0.5) is 0 Å². The second-order valence-electron chi connectivity index (χ2n) is 3.15. The maximum atomic E-state index is 10.9. The molecule has 80 valence electrons. The molecule has 0 rings (SSSR count). The second kappa shape index (κ2) is 6.18. The summed E-state index contributed by atoms with van der Waals surface area (Å²) in [6, 6.07) is 0. The SMILES string of the molecule is C=C(C)C(=O)OCCC(CC)C(=O)O. The van der Waals surface area contributed by atoms with Crippen LogP contribution in [0.2, 0.25) is 0 Å². The van der Waals surface area contributed by atoms with Gasteiger partial charge < -0.3 is 9.84 Å². The van der Waals surface area contributed by atoms with Crippen LogP contribution in [-0.2, 0) is 14.3 Å². The van der Waals surface area contributed by atoms with E-state index >= 15 is 0 Å². The molecular weight excluding hydrogens is 184 g/mol. The van der Waals surface area contributed by atoms with Gasteiger partial charge in [-0.05, 0) is 19.8 Å². The van der Waals surface area contributed by atoms with Crippen LogP contribution < -0.4 is 0 Å². The van der Waals surface area contributed by atoms with Crippen LogP contribution >= 0.6 is 0 Å². The molecule has 0 heterocycles. The van der Waals surface area contributed by atoms with E-state index < -0.39 is 17.9 Å². The van der Waals surface area contributed by atoms with Gasteiger partial charge in [0.1, 0.15) is 0 Å². The zero-order chi connectivity index (χ0) is 11.1. The number of carboxylic acids is 1. The van der Waals surface area contributed by atoms with Crippen molar-refractivity contribution in [3.8, 4) is 0 Å². The van der Waals surface area contributed by atoms with E-state index in [-0.39, 0.29) is 6.61 Å². The highest BCUT2D eigenvalue weighted by molar-refractivity contribution is 5.86. The monoisotopic (exact) mass is 200 g/mol. The number of hydrogen-bond acceptors (Lipinski definition) is 3. The Bertz CT molecular complexity index is 232. The molecular formula is C10H16O4. The molecule has 1 atom stereocenters. The molecule has 14 heavy (non-hydrogen) atoms. The highest BCUT2D eigenvalue weighted by Crippen LogP contribution is 2.08. The van der Waals surface area contributed by atoms with Crippen LogP contribution in [0.5, 0.6) is 0 Å². The minimum absolute atomic E-state index is 0.135. The average Bonchev–Trinajstić information content (AvgIpc) is 2.11. The van der Waals surface area contributed by atoms with E-state index in [0.29, 0.717) is 18.4 Å². The number of rotatable bonds is 6. The zero-order valence-corrected chi connectivity index (χ0v) is 8.58. The van der Waals surface area contributed by atoms with Gasteiger partial charge in [0, 0.05) is 5.57 Å². The van der Waals surface area contributed by atoms with Gasteiger partial charge in [-0.1, -0.05) is 13.5 Å². The first kappa shape index (κ1) is 12.7. The van der Waals surface area contributed by atoms with Crippen molar-refractivity contribution in [1.82, 2.24) is 0 Å². The van der Waals surface area contributed by atoms with Crippen LogP contribution in [-0.4, -0.2) is 23.7 Å². The van der Waals surface area contributed by atoms with E-state index in [2.05, 4.69) is 6.58 Å². The molecule has 0 aromatic rings. The van der Waals surface area contributed by atoms with Gasteiger partial charge in [-0.15, -0.1) is 0 Å². The quantitative estimate of drug-likeness (QED) is 0.522. The van der Waals surface area contributed by atoms with Gasteiger partial charge in [-0.25, -0.2) is 4.79 Å². The fraction of sp³-hybridized carbons (Fsp3) is 0.600. The topological polar surface area (TPSA) is 63.6 Å². The molecule has 4 nitrogen and oxygen atoms in total. The summed E-state index contributed by atoms with van der Waals surface area (Å²) in [5.41, 5.74) is 0.327. The van der Waals surface area contributed by atoms with Gasteiger partial charge in [-0.3, -0.25) is 4.79 Å². The minimum atomic E-state index is -0.848. The third-order valence-electron chi connectivity index (χ3n) is 1.89. The number of carbonyl (C=O) groups is 2. The lowest BCUT2D eigenvalue weighted by Gasteiger charge is -2.09. The maximum Gasteiger partial charge on any atom is 0.333 e. The van der Waals surface area contributed by atoms with Gasteiger partial charge in [0.25, 0.3) is 0 Å². The Morgan fingerprint density at radius 2 is 2.07 bits per heavy atom. The first-order valence-corrected chi connectivity index (χ1v) is 4.54. The smallest absolute Gasteiger partial charge is 0.333 e. The Kier molecular flexibility index (Phi) is 5.60. The first-order chi connectivity index (χ1) is 6.49. The van der Waals surface area contributed by atoms with Gasteiger partial charge in [-0.2, -0.15) is 0 Å². The minimum Gasteiger partial charge on any atom is -0.481 e. The number of carbonyl (C=O) groups excluding carboxylic acids is 1. The lowest BCUT2D eigenvalue weighted by molar-refractivity contribution is -0.145. The van der Waals surface area contributed by atoms with E-state index in [1.54, 1.807) is 13.8 Å².